The molecule has 1 aromatic carbocycles. The van der Waals surface area contributed by atoms with Crippen LogP contribution in [0.4, 0.5) is 5.82 Å². The highest BCUT2D eigenvalue weighted by atomic mass is 16.5. The summed E-state index contributed by atoms with van der Waals surface area (Å²) >= 11 is 0. The number of carbonyl (C=O) groups is 1. The standard InChI is InChI=1S/C22H32N6O3/c1-15(2)13-20(29)23-9-5-6-10-24-21-22-27-26-16(3)28(22)19-8-7-17(14-18(19)25-21)31-12-11-30-4/h7-8,14-15H,5-6,9-13H2,1-4H3,(H,23,29)(H,24,25). The van der Waals surface area contributed by atoms with Gasteiger partial charge in [0.1, 0.15) is 18.2 Å². The number of carbonyl (C=O) groups excluding carboxylic acids is 1. The number of aryl methyl sites for hydroxylation is 1. The maximum Gasteiger partial charge on any atom is 0.220 e. The normalized spacial score (nSPS) is 11.4. The minimum absolute atomic E-state index is 0.114. The van der Waals surface area contributed by atoms with E-state index in [0.29, 0.717) is 43.6 Å². The Balaban J connectivity index is 1.65. The molecule has 9 nitrogen and oxygen atoms in total. The fraction of sp³-hybridized carbons (Fsp3) is 0.545. The predicted molar refractivity (Wildman–Crippen MR) is 121 cm³/mol. The lowest BCUT2D eigenvalue weighted by molar-refractivity contribution is -0.121. The number of anilines is 1. The molecule has 0 bridgehead atoms. The van der Waals surface area contributed by atoms with Crippen LogP contribution in [0.15, 0.2) is 18.2 Å². The zero-order valence-electron chi connectivity index (χ0n) is 18.8. The smallest absolute Gasteiger partial charge is 0.220 e. The molecule has 3 rings (SSSR count). The minimum Gasteiger partial charge on any atom is -0.491 e. The Morgan fingerprint density at radius 2 is 1.97 bits per heavy atom. The van der Waals surface area contributed by atoms with Crippen LogP contribution in [-0.2, 0) is 9.53 Å². The lowest BCUT2D eigenvalue weighted by Crippen LogP contribution is -2.25. The van der Waals surface area contributed by atoms with E-state index >= 15 is 0 Å². The molecule has 0 aliphatic heterocycles. The number of aromatic nitrogens is 4. The van der Waals surface area contributed by atoms with E-state index in [1.165, 1.54) is 0 Å². The van der Waals surface area contributed by atoms with Gasteiger partial charge in [-0.3, -0.25) is 9.20 Å². The molecule has 1 amide bonds. The number of hydrogen-bond donors (Lipinski definition) is 2. The lowest BCUT2D eigenvalue weighted by atomic mass is 10.1. The molecule has 0 saturated heterocycles. The summed E-state index contributed by atoms with van der Waals surface area (Å²) in [4.78, 5) is 16.5. The molecule has 0 saturated carbocycles. The van der Waals surface area contributed by atoms with Crippen LogP contribution in [-0.4, -0.2) is 58.9 Å². The van der Waals surface area contributed by atoms with Gasteiger partial charge in [-0.2, -0.15) is 0 Å². The topological polar surface area (TPSA) is 103 Å². The highest BCUT2D eigenvalue weighted by Crippen LogP contribution is 2.25. The largest absolute Gasteiger partial charge is 0.491 e. The van der Waals surface area contributed by atoms with Gasteiger partial charge in [0.2, 0.25) is 11.6 Å². The summed E-state index contributed by atoms with van der Waals surface area (Å²) in [6.07, 6.45) is 2.37. The molecule has 168 valence electrons. The Bertz CT molecular complexity index is 1020. The number of hydrogen-bond acceptors (Lipinski definition) is 7. The third-order valence-corrected chi connectivity index (χ3v) is 4.82. The Morgan fingerprint density at radius 3 is 2.74 bits per heavy atom. The first-order valence-corrected chi connectivity index (χ1v) is 10.8. The fourth-order valence-corrected chi connectivity index (χ4v) is 3.34. The maximum atomic E-state index is 11.7. The Morgan fingerprint density at radius 1 is 1.16 bits per heavy atom. The Labute approximate surface area is 182 Å². The number of nitrogens with one attached hydrogen (secondary N) is 2. The van der Waals surface area contributed by atoms with Crippen molar-refractivity contribution < 1.29 is 14.3 Å². The van der Waals surface area contributed by atoms with Gasteiger partial charge in [-0.05, 0) is 37.8 Å². The molecule has 3 aromatic rings. The van der Waals surface area contributed by atoms with Crippen molar-refractivity contribution in [3.8, 4) is 5.75 Å². The highest BCUT2D eigenvalue weighted by Gasteiger charge is 2.13. The van der Waals surface area contributed by atoms with Gasteiger partial charge in [0.15, 0.2) is 5.82 Å². The molecule has 0 aliphatic carbocycles. The van der Waals surface area contributed by atoms with E-state index in [9.17, 15) is 4.79 Å². The van der Waals surface area contributed by atoms with Gasteiger partial charge in [0, 0.05) is 32.7 Å². The summed E-state index contributed by atoms with van der Waals surface area (Å²) in [5.74, 6) is 2.71. The third kappa shape index (κ3) is 6.04. The van der Waals surface area contributed by atoms with E-state index in [2.05, 4.69) is 20.8 Å². The van der Waals surface area contributed by atoms with Crippen LogP contribution in [0.5, 0.6) is 5.75 Å². The van der Waals surface area contributed by atoms with E-state index in [1.807, 2.05) is 43.4 Å². The number of methoxy groups -OCH3 is 1. The number of fused-ring (bicyclic) bond motifs is 3. The van der Waals surface area contributed by atoms with Gasteiger partial charge in [0.05, 0.1) is 17.6 Å². The van der Waals surface area contributed by atoms with Gasteiger partial charge in [-0.1, -0.05) is 13.8 Å². The number of nitrogens with zero attached hydrogens (tertiary/aromatic N) is 4. The van der Waals surface area contributed by atoms with Gasteiger partial charge in [-0.25, -0.2) is 4.98 Å². The zero-order chi connectivity index (χ0) is 22.2. The van der Waals surface area contributed by atoms with E-state index < -0.39 is 0 Å². The highest BCUT2D eigenvalue weighted by molar-refractivity contribution is 5.84. The zero-order valence-corrected chi connectivity index (χ0v) is 18.8. The summed E-state index contributed by atoms with van der Waals surface area (Å²) < 4.78 is 12.8. The third-order valence-electron chi connectivity index (χ3n) is 4.82. The molecule has 0 spiro atoms. The van der Waals surface area contributed by atoms with Gasteiger partial charge < -0.3 is 20.1 Å². The Hall–Kier alpha value is -2.94. The molecule has 0 aliphatic rings. The summed E-state index contributed by atoms with van der Waals surface area (Å²) in [6, 6.07) is 5.80. The molecule has 31 heavy (non-hydrogen) atoms. The average Bonchev–Trinajstić information content (AvgIpc) is 3.12. The molecule has 9 heteroatoms. The molecule has 0 fully saturated rings. The Kier molecular flexibility index (Phi) is 8.00. The van der Waals surface area contributed by atoms with E-state index in [-0.39, 0.29) is 5.91 Å². The maximum absolute atomic E-state index is 11.7. The summed E-state index contributed by atoms with van der Waals surface area (Å²) in [6.45, 7) is 8.42. The number of unbranched alkanes of at least 4 members (excludes halogenated alkanes) is 1. The van der Waals surface area contributed by atoms with Crippen LogP contribution in [0.3, 0.4) is 0 Å². The van der Waals surface area contributed by atoms with E-state index in [0.717, 1.165) is 42.0 Å². The summed E-state index contributed by atoms with van der Waals surface area (Å²) in [5.41, 5.74) is 2.42. The molecule has 0 radical (unpaired) electrons. The quantitative estimate of drug-likeness (QED) is 0.428. The summed E-state index contributed by atoms with van der Waals surface area (Å²) in [5, 5.41) is 14.9. The average molecular weight is 429 g/mol. The molecule has 2 heterocycles. The van der Waals surface area contributed by atoms with Crippen molar-refractivity contribution in [3.63, 3.8) is 0 Å². The molecule has 2 N–H and O–H groups in total. The first-order chi connectivity index (χ1) is 15.0. The summed E-state index contributed by atoms with van der Waals surface area (Å²) in [7, 11) is 1.65. The number of amides is 1. The van der Waals surface area contributed by atoms with Gasteiger partial charge in [0.25, 0.3) is 0 Å². The van der Waals surface area contributed by atoms with Crippen LogP contribution in [0.1, 0.15) is 38.9 Å². The molecular formula is C22H32N6O3. The van der Waals surface area contributed by atoms with Crippen LogP contribution < -0.4 is 15.4 Å². The first-order valence-electron chi connectivity index (χ1n) is 10.8. The number of benzene rings is 1. The fourth-order valence-electron chi connectivity index (χ4n) is 3.34. The second-order valence-electron chi connectivity index (χ2n) is 7.94. The SMILES string of the molecule is COCCOc1ccc2c(c1)nc(NCCCCNC(=O)CC(C)C)c1nnc(C)n12. The van der Waals surface area contributed by atoms with E-state index in [4.69, 9.17) is 14.5 Å². The molecular weight excluding hydrogens is 396 g/mol. The van der Waals surface area contributed by atoms with Crippen LogP contribution in [0.2, 0.25) is 0 Å². The van der Waals surface area contributed by atoms with Gasteiger partial charge in [-0.15, -0.1) is 10.2 Å². The predicted octanol–water partition coefficient (Wildman–Crippen LogP) is 2.97. The van der Waals surface area contributed by atoms with Crippen LogP contribution in [0, 0.1) is 12.8 Å². The van der Waals surface area contributed by atoms with Crippen LogP contribution >= 0.6 is 0 Å². The number of ether oxygens (including phenoxy) is 2. The monoisotopic (exact) mass is 428 g/mol. The lowest BCUT2D eigenvalue weighted by Gasteiger charge is -2.12. The molecule has 2 aromatic heterocycles. The van der Waals surface area contributed by atoms with Crippen LogP contribution in [0.25, 0.3) is 16.7 Å². The first kappa shape index (κ1) is 22.7. The van der Waals surface area contributed by atoms with Gasteiger partial charge >= 0.3 is 0 Å². The van der Waals surface area contributed by atoms with E-state index in [1.54, 1.807) is 7.11 Å². The van der Waals surface area contributed by atoms with Crippen molar-refractivity contribution in [1.82, 2.24) is 24.9 Å². The second-order valence-corrected chi connectivity index (χ2v) is 7.94. The number of rotatable bonds is 12. The van der Waals surface area contributed by atoms with Crippen molar-refractivity contribution in [2.75, 3.05) is 38.7 Å². The van der Waals surface area contributed by atoms with Crippen molar-refractivity contribution in [3.05, 3.63) is 24.0 Å². The minimum atomic E-state index is 0.114. The second kappa shape index (κ2) is 10.9. The molecule has 0 atom stereocenters. The van der Waals surface area contributed by atoms with Crippen molar-refractivity contribution in [2.24, 2.45) is 5.92 Å². The molecule has 0 unspecified atom stereocenters. The van der Waals surface area contributed by atoms with Crippen molar-refractivity contribution >= 4 is 28.4 Å². The van der Waals surface area contributed by atoms with Crippen molar-refractivity contribution in [1.29, 1.82) is 0 Å². The van der Waals surface area contributed by atoms with Crippen molar-refractivity contribution in [2.45, 2.75) is 40.0 Å².